The van der Waals surface area contributed by atoms with Crippen molar-refractivity contribution in [1.82, 2.24) is 4.31 Å². The third-order valence-electron chi connectivity index (χ3n) is 5.20. The molecular weight excluding hydrogens is 408 g/mol. The van der Waals surface area contributed by atoms with Gasteiger partial charge in [-0.25, -0.2) is 22.0 Å². The first kappa shape index (κ1) is 23.5. The minimum atomic E-state index is -3.80. The molecule has 1 atom stereocenters. The predicted molar refractivity (Wildman–Crippen MR) is 116 cm³/mol. The van der Waals surface area contributed by atoms with Crippen LogP contribution in [0.1, 0.15) is 56.0 Å². The molecule has 0 aliphatic heterocycles. The van der Waals surface area contributed by atoms with Crippen molar-refractivity contribution in [3.8, 4) is 0 Å². The molecule has 0 amide bonds. The number of rotatable bonds is 5. The quantitative estimate of drug-likeness (QED) is 0.771. The molecular formula is C21H30N2O4S2. The molecule has 2 N–H and O–H groups in total. The number of hydrogen-bond acceptors (Lipinski definition) is 4. The molecule has 160 valence electrons. The lowest BCUT2D eigenvalue weighted by atomic mass is 9.85. The van der Waals surface area contributed by atoms with Crippen molar-refractivity contribution < 1.29 is 16.8 Å². The highest BCUT2D eigenvalue weighted by Gasteiger charge is 2.30. The highest BCUT2D eigenvalue weighted by atomic mass is 32.2. The average molecular weight is 439 g/mol. The Morgan fingerprint density at radius 2 is 1.38 bits per heavy atom. The molecule has 0 saturated carbocycles. The van der Waals surface area contributed by atoms with Crippen LogP contribution in [0.4, 0.5) is 0 Å². The molecule has 0 saturated heterocycles. The fourth-order valence-electron chi connectivity index (χ4n) is 3.29. The van der Waals surface area contributed by atoms with Crippen LogP contribution in [-0.2, 0) is 25.5 Å². The number of aryl methyl sites for hydroxylation is 2. The molecule has 0 heterocycles. The smallest absolute Gasteiger partial charge is 0.225 e. The largest absolute Gasteiger partial charge is 0.243 e. The SMILES string of the molecule is Cc1cc(C(C)(C)C)cc(C)c1S(=O)(=O)N(C)C(C)c1ccc(S(N)(=O)=O)cc1. The van der Waals surface area contributed by atoms with E-state index in [2.05, 4.69) is 20.8 Å². The van der Waals surface area contributed by atoms with E-state index in [1.54, 1.807) is 19.1 Å². The summed E-state index contributed by atoms with van der Waals surface area (Å²) in [7, 11) is -6.02. The Kier molecular flexibility index (Phi) is 6.36. The Balaban J connectivity index is 2.45. The van der Waals surface area contributed by atoms with Crippen molar-refractivity contribution in [3.63, 3.8) is 0 Å². The molecule has 0 radical (unpaired) electrons. The van der Waals surface area contributed by atoms with E-state index in [9.17, 15) is 16.8 Å². The summed E-state index contributed by atoms with van der Waals surface area (Å²) < 4.78 is 51.0. The molecule has 0 bridgehead atoms. The Morgan fingerprint density at radius 1 is 0.931 bits per heavy atom. The summed E-state index contributed by atoms with van der Waals surface area (Å²) in [5.74, 6) is 0. The van der Waals surface area contributed by atoms with Crippen molar-refractivity contribution in [1.29, 1.82) is 0 Å². The first-order chi connectivity index (χ1) is 13.1. The van der Waals surface area contributed by atoms with Crippen LogP contribution >= 0.6 is 0 Å². The zero-order valence-corrected chi connectivity index (χ0v) is 19.6. The summed E-state index contributed by atoms with van der Waals surface area (Å²) in [6.07, 6.45) is 0. The topological polar surface area (TPSA) is 97.5 Å². The van der Waals surface area contributed by atoms with Crippen LogP contribution < -0.4 is 5.14 Å². The van der Waals surface area contributed by atoms with Crippen LogP contribution in [0, 0.1) is 13.8 Å². The van der Waals surface area contributed by atoms with Crippen LogP contribution in [0.2, 0.25) is 0 Å². The first-order valence-electron chi connectivity index (χ1n) is 9.29. The van der Waals surface area contributed by atoms with Gasteiger partial charge in [-0.15, -0.1) is 0 Å². The number of benzene rings is 2. The molecule has 8 heteroatoms. The van der Waals surface area contributed by atoms with Gasteiger partial charge in [-0.2, -0.15) is 4.31 Å². The number of primary sulfonamides is 1. The second-order valence-electron chi connectivity index (χ2n) is 8.50. The van der Waals surface area contributed by atoms with E-state index in [-0.39, 0.29) is 10.3 Å². The minimum Gasteiger partial charge on any atom is -0.225 e. The van der Waals surface area contributed by atoms with Gasteiger partial charge in [-0.1, -0.05) is 45.0 Å². The van der Waals surface area contributed by atoms with E-state index in [1.165, 1.54) is 23.5 Å². The highest BCUT2D eigenvalue weighted by molar-refractivity contribution is 7.89. The molecule has 0 fully saturated rings. The highest BCUT2D eigenvalue weighted by Crippen LogP contribution is 2.33. The monoisotopic (exact) mass is 438 g/mol. The second-order valence-corrected chi connectivity index (χ2v) is 12.0. The predicted octanol–water partition coefficient (Wildman–Crippen LogP) is 3.63. The van der Waals surface area contributed by atoms with E-state index < -0.39 is 26.1 Å². The Hall–Kier alpha value is -1.74. The van der Waals surface area contributed by atoms with Crippen molar-refractivity contribution in [2.24, 2.45) is 5.14 Å². The lowest BCUT2D eigenvalue weighted by molar-refractivity contribution is 0.397. The number of nitrogens with zero attached hydrogens (tertiary/aromatic N) is 1. The summed E-state index contributed by atoms with van der Waals surface area (Å²) in [5, 5.41) is 5.13. The number of sulfonamides is 2. The van der Waals surface area contributed by atoms with Gasteiger partial charge in [0, 0.05) is 13.1 Å². The van der Waals surface area contributed by atoms with Gasteiger partial charge in [0.25, 0.3) is 0 Å². The molecule has 2 rings (SSSR count). The van der Waals surface area contributed by atoms with Gasteiger partial charge < -0.3 is 0 Å². The van der Waals surface area contributed by atoms with Crippen LogP contribution in [0.15, 0.2) is 46.2 Å². The standard InChI is InChI=1S/C21H30N2O4S2/c1-14-12-18(21(4,5)6)13-15(2)20(14)29(26,27)23(7)16(3)17-8-10-19(11-9-17)28(22,24)25/h8-13,16H,1-7H3,(H2,22,24,25). The molecule has 0 aliphatic carbocycles. The molecule has 29 heavy (non-hydrogen) atoms. The zero-order valence-electron chi connectivity index (χ0n) is 18.0. The second kappa shape index (κ2) is 7.83. The minimum absolute atomic E-state index is 0.0107. The Labute approximate surface area is 174 Å². The van der Waals surface area contributed by atoms with Gasteiger partial charge in [-0.05, 0) is 60.6 Å². The average Bonchev–Trinajstić information content (AvgIpc) is 2.58. The lowest BCUT2D eigenvalue weighted by Gasteiger charge is -2.28. The normalized spacial score (nSPS) is 14.2. The maximum Gasteiger partial charge on any atom is 0.243 e. The third kappa shape index (κ3) is 4.88. The molecule has 6 nitrogen and oxygen atoms in total. The van der Waals surface area contributed by atoms with Crippen LogP contribution in [0.3, 0.4) is 0 Å². The van der Waals surface area contributed by atoms with Crippen LogP contribution in [0.5, 0.6) is 0 Å². The molecule has 2 aromatic rings. The van der Waals surface area contributed by atoms with Crippen molar-refractivity contribution in [2.75, 3.05) is 7.05 Å². The van der Waals surface area contributed by atoms with Crippen LogP contribution in [-0.4, -0.2) is 28.2 Å². The first-order valence-corrected chi connectivity index (χ1v) is 12.3. The van der Waals surface area contributed by atoms with Crippen molar-refractivity contribution in [2.45, 2.75) is 62.8 Å². The lowest BCUT2D eigenvalue weighted by Crippen LogP contribution is -2.31. The summed E-state index contributed by atoms with van der Waals surface area (Å²) in [4.78, 5) is 0.296. The van der Waals surface area contributed by atoms with Crippen LogP contribution in [0.25, 0.3) is 0 Å². The molecule has 2 aromatic carbocycles. The van der Waals surface area contributed by atoms with Gasteiger partial charge in [0.15, 0.2) is 0 Å². The number of nitrogens with two attached hydrogens (primary N) is 1. The summed E-state index contributed by atoms with van der Waals surface area (Å²) in [6.45, 7) is 11.7. The molecule has 0 aromatic heterocycles. The Morgan fingerprint density at radius 3 is 1.76 bits per heavy atom. The van der Waals surface area contributed by atoms with Gasteiger partial charge in [0.2, 0.25) is 20.0 Å². The van der Waals surface area contributed by atoms with E-state index >= 15 is 0 Å². The summed E-state index contributed by atoms with van der Waals surface area (Å²) in [5.41, 5.74) is 3.09. The fourth-order valence-corrected chi connectivity index (χ4v) is 5.56. The molecule has 0 aliphatic rings. The van der Waals surface area contributed by atoms with E-state index in [0.29, 0.717) is 21.6 Å². The summed E-state index contributed by atoms with van der Waals surface area (Å²) >= 11 is 0. The van der Waals surface area contributed by atoms with E-state index in [1.807, 2.05) is 26.0 Å². The van der Waals surface area contributed by atoms with Crippen molar-refractivity contribution >= 4 is 20.0 Å². The maximum absolute atomic E-state index is 13.4. The maximum atomic E-state index is 13.4. The Bertz CT molecular complexity index is 1090. The van der Waals surface area contributed by atoms with Gasteiger partial charge in [0.05, 0.1) is 9.79 Å². The van der Waals surface area contributed by atoms with E-state index in [4.69, 9.17) is 5.14 Å². The van der Waals surface area contributed by atoms with Gasteiger partial charge in [-0.3, -0.25) is 0 Å². The van der Waals surface area contributed by atoms with Gasteiger partial charge in [0.1, 0.15) is 0 Å². The third-order valence-corrected chi connectivity index (χ3v) is 8.36. The zero-order chi connectivity index (χ0) is 22.4. The summed E-state index contributed by atoms with van der Waals surface area (Å²) in [6, 6.07) is 9.30. The molecule has 1 unspecified atom stereocenters. The van der Waals surface area contributed by atoms with Gasteiger partial charge >= 0.3 is 0 Å². The number of hydrogen-bond donors (Lipinski definition) is 1. The van der Waals surface area contributed by atoms with Crippen molar-refractivity contribution in [3.05, 3.63) is 58.7 Å². The molecule has 0 spiro atoms. The van der Waals surface area contributed by atoms with E-state index in [0.717, 1.165) is 5.56 Å². The fraction of sp³-hybridized carbons (Fsp3) is 0.429.